The first kappa shape index (κ1) is 18.6. The van der Waals surface area contributed by atoms with Crippen LogP contribution in [0.5, 0.6) is 0 Å². The molecule has 4 heterocycles. The van der Waals surface area contributed by atoms with Crippen LogP contribution in [0.1, 0.15) is 48.8 Å². The van der Waals surface area contributed by atoms with Crippen molar-refractivity contribution < 1.29 is 0 Å². The Morgan fingerprint density at radius 1 is 1.11 bits per heavy atom. The van der Waals surface area contributed by atoms with Gasteiger partial charge in [-0.15, -0.1) is 0 Å². The summed E-state index contributed by atoms with van der Waals surface area (Å²) >= 11 is 5.72. The first-order chi connectivity index (χ1) is 13.7. The van der Waals surface area contributed by atoms with Crippen molar-refractivity contribution in [3.8, 4) is 5.82 Å². The van der Waals surface area contributed by atoms with E-state index in [1.54, 1.807) is 0 Å². The van der Waals surface area contributed by atoms with Crippen LogP contribution in [0.25, 0.3) is 5.82 Å². The van der Waals surface area contributed by atoms with Gasteiger partial charge in [0, 0.05) is 30.8 Å². The summed E-state index contributed by atoms with van der Waals surface area (Å²) < 4.78 is 2.16. The van der Waals surface area contributed by atoms with Crippen molar-refractivity contribution in [2.24, 2.45) is 0 Å². The predicted molar refractivity (Wildman–Crippen MR) is 115 cm³/mol. The number of rotatable bonds is 6. The van der Waals surface area contributed by atoms with Gasteiger partial charge in [0.05, 0.1) is 17.8 Å². The van der Waals surface area contributed by atoms with Crippen LogP contribution in [0.4, 0.5) is 0 Å². The molecule has 1 aliphatic heterocycles. The Bertz CT molecular complexity index is 935. The minimum atomic E-state index is 0.00431. The van der Waals surface area contributed by atoms with Gasteiger partial charge in [0.2, 0.25) is 0 Å². The Balaban J connectivity index is 1.78. The molecule has 0 saturated carbocycles. The normalized spacial score (nSPS) is 19.1. The van der Waals surface area contributed by atoms with Gasteiger partial charge in [0.1, 0.15) is 5.82 Å². The lowest BCUT2D eigenvalue weighted by molar-refractivity contribution is 0.304. The molecule has 0 aliphatic carbocycles. The molecule has 1 aliphatic rings. The highest BCUT2D eigenvalue weighted by Gasteiger charge is 2.40. The van der Waals surface area contributed by atoms with E-state index in [1.807, 2.05) is 24.5 Å². The minimum absolute atomic E-state index is 0.00431. The Kier molecular flexibility index (Phi) is 5.39. The smallest absolute Gasteiger partial charge is 0.170 e. The van der Waals surface area contributed by atoms with Crippen LogP contribution in [0, 0.1) is 6.92 Å². The van der Waals surface area contributed by atoms with Crippen molar-refractivity contribution in [1.29, 1.82) is 0 Å². The lowest BCUT2D eigenvalue weighted by Crippen LogP contribution is -2.31. The van der Waals surface area contributed by atoms with Gasteiger partial charge >= 0.3 is 0 Å². The number of hydrogen-bond acceptors (Lipinski definition) is 3. The number of nitrogens with zero attached hydrogens (tertiary/aromatic N) is 4. The van der Waals surface area contributed by atoms with Gasteiger partial charge in [-0.05, 0) is 61.5 Å². The highest BCUT2D eigenvalue weighted by atomic mass is 32.1. The highest BCUT2D eigenvalue weighted by Crippen LogP contribution is 2.39. The topological polar surface area (TPSA) is 46.0 Å². The van der Waals surface area contributed by atoms with Gasteiger partial charge in [-0.25, -0.2) is 4.98 Å². The maximum absolute atomic E-state index is 5.72. The SMILES string of the molecule is CCCCN1C(=S)N[C@@H](c2ccccn2)[C@H]1c1cccn1-c1ccc(C)cn1. The predicted octanol–water partition coefficient (Wildman–Crippen LogP) is 4.35. The van der Waals surface area contributed by atoms with Crippen LogP contribution < -0.4 is 5.32 Å². The summed E-state index contributed by atoms with van der Waals surface area (Å²) in [6, 6.07) is 14.5. The average molecular weight is 392 g/mol. The summed E-state index contributed by atoms with van der Waals surface area (Å²) in [7, 11) is 0. The van der Waals surface area contributed by atoms with Gasteiger partial charge in [-0.1, -0.05) is 25.5 Å². The maximum Gasteiger partial charge on any atom is 0.170 e. The van der Waals surface area contributed by atoms with Gasteiger partial charge in [0.25, 0.3) is 0 Å². The molecule has 3 aromatic heterocycles. The van der Waals surface area contributed by atoms with Gasteiger partial charge in [-0.2, -0.15) is 0 Å². The Hall–Kier alpha value is -2.73. The van der Waals surface area contributed by atoms with E-state index in [0.29, 0.717) is 0 Å². The molecule has 0 amide bonds. The van der Waals surface area contributed by atoms with Gasteiger partial charge < -0.3 is 14.8 Å². The lowest BCUT2D eigenvalue weighted by Gasteiger charge is -2.28. The number of aryl methyl sites for hydroxylation is 1. The van der Waals surface area contributed by atoms with Crippen molar-refractivity contribution in [2.45, 2.75) is 38.8 Å². The fraction of sp³-hybridized carbons (Fsp3) is 0.318. The lowest BCUT2D eigenvalue weighted by atomic mass is 10.0. The van der Waals surface area contributed by atoms with Crippen LogP contribution in [0.3, 0.4) is 0 Å². The third kappa shape index (κ3) is 3.52. The molecule has 4 rings (SSSR count). The van der Waals surface area contributed by atoms with E-state index in [4.69, 9.17) is 12.2 Å². The van der Waals surface area contributed by atoms with E-state index in [0.717, 1.165) is 47.3 Å². The quantitative estimate of drug-likeness (QED) is 0.633. The zero-order chi connectivity index (χ0) is 19.5. The number of unbranched alkanes of at least 4 members (excludes halogenated alkanes) is 1. The van der Waals surface area contributed by atoms with Crippen LogP contribution in [0.15, 0.2) is 61.1 Å². The van der Waals surface area contributed by atoms with Crippen molar-refractivity contribution in [1.82, 2.24) is 24.8 Å². The molecule has 0 unspecified atom stereocenters. The molecular weight excluding hydrogens is 366 g/mol. The van der Waals surface area contributed by atoms with E-state index >= 15 is 0 Å². The molecule has 1 fully saturated rings. The van der Waals surface area contributed by atoms with Crippen molar-refractivity contribution in [3.05, 3.63) is 78.0 Å². The van der Waals surface area contributed by atoms with E-state index < -0.39 is 0 Å². The summed E-state index contributed by atoms with van der Waals surface area (Å²) in [4.78, 5) is 11.5. The molecular formula is C22H25N5S. The summed E-state index contributed by atoms with van der Waals surface area (Å²) in [5.41, 5.74) is 3.31. The Morgan fingerprint density at radius 2 is 2.00 bits per heavy atom. The standard InChI is InChI=1S/C22H25N5S/c1-3-4-13-27-21(20(25-22(27)28)17-8-5-6-12-23-17)18-9-7-14-26(18)19-11-10-16(2)15-24-19/h5-12,14-15,20-21H,3-4,13H2,1-2H3,(H,25,28)/t20-,21+/m0/s1. The summed E-state index contributed by atoms with van der Waals surface area (Å²) in [6.45, 7) is 5.18. The second-order valence-electron chi connectivity index (χ2n) is 7.17. The molecule has 5 nitrogen and oxygen atoms in total. The average Bonchev–Trinajstić information content (AvgIpc) is 3.32. The van der Waals surface area contributed by atoms with Crippen LogP contribution in [-0.2, 0) is 0 Å². The highest BCUT2D eigenvalue weighted by molar-refractivity contribution is 7.80. The second kappa shape index (κ2) is 8.10. The molecule has 144 valence electrons. The molecule has 0 aromatic carbocycles. The number of pyridine rings is 2. The van der Waals surface area contributed by atoms with Crippen LogP contribution >= 0.6 is 12.2 Å². The molecule has 0 radical (unpaired) electrons. The molecule has 3 aromatic rings. The van der Waals surface area contributed by atoms with E-state index in [9.17, 15) is 0 Å². The molecule has 28 heavy (non-hydrogen) atoms. The monoisotopic (exact) mass is 391 g/mol. The van der Waals surface area contributed by atoms with Crippen molar-refractivity contribution >= 4 is 17.3 Å². The van der Waals surface area contributed by atoms with Crippen LogP contribution in [-0.4, -0.2) is 31.1 Å². The number of aromatic nitrogens is 3. The molecule has 1 saturated heterocycles. The van der Waals surface area contributed by atoms with E-state index in [-0.39, 0.29) is 12.1 Å². The summed E-state index contributed by atoms with van der Waals surface area (Å²) in [5, 5.41) is 4.31. The third-order valence-corrected chi connectivity index (χ3v) is 5.53. The zero-order valence-electron chi connectivity index (χ0n) is 16.2. The number of thiocarbonyl (C=S) groups is 1. The van der Waals surface area contributed by atoms with Gasteiger partial charge in [0.15, 0.2) is 5.11 Å². The minimum Gasteiger partial charge on any atom is -0.352 e. The summed E-state index contributed by atoms with van der Waals surface area (Å²) in [5.74, 6) is 0.915. The van der Waals surface area contributed by atoms with Crippen molar-refractivity contribution in [2.75, 3.05) is 6.54 Å². The zero-order valence-corrected chi connectivity index (χ0v) is 17.1. The number of nitrogens with one attached hydrogen (secondary N) is 1. The second-order valence-corrected chi connectivity index (χ2v) is 7.56. The largest absolute Gasteiger partial charge is 0.352 e. The Morgan fingerprint density at radius 3 is 2.71 bits per heavy atom. The first-order valence-corrected chi connectivity index (χ1v) is 10.2. The van der Waals surface area contributed by atoms with E-state index in [2.05, 4.69) is 75.1 Å². The van der Waals surface area contributed by atoms with Gasteiger partial charge in [-0.3, -0.25) is 4.98 Å². The number of hydrogen-bond donors (Lipinski definition) is 1. The maximum atomic E-state index is 5.72. The Labute approximate surface area is 171 Å². The molecule has 2 atom stereocenters. The van der Waals surface area contributed by atoms with Crippen LogP contribution in [0.2, 0.25) is 0 Å². The molecule has 1 N–H and O–H groups in total. The molecule has 0 spiro atoms. The first-order valence-electron chi connectivity index (χ1n) is 9.77. The molecule has 6 heteroatoms. The van der Waals surface area contributed by atoms with Crippen molar-refractivity contribution in [3.63, 3.8) is 0 Å². The fourth-order valence-electron chi connectivity index (χ4n) is 3.74. The summed E-state index contributed by atoms with van der Waals surface area (Å²) in [6.07, 6.45) is 8.04. The fourth-order valence-corrected chi connectivity index (χ4v) is 4.07. The van der Waals surface area contributed by atoms with E-state index in [1.165, 1.54) is 0 Å². The third-order valence-electron chi connectivity index (χ3n) is 5.18. The molecule has 0 bridgehead atoms.